The van der Waals surface area contributed by atoms with Crippen molar-refractivity contribution in [3.8, 4) is 0 Å². The molecular formula is C20H19N3O5S. The second-order valence-corrected chi connectivity index (χ2v) is 7.58. The first-order chi connectivity index (χ1) is 13.8. The van der Waals surface area contributed by atoms with Crippen LogP contribution in [0.2, 0.25) is 0 Å². The summed E-state index contributed by atoms with van der Waals surface area (Å²) in [5.74, 6) is -0.905. The number of carbonyl (C=O) groups excluding carboxylic acids is 2. The Morgan fingerprint density at radius 1 is 1.21 bits per heavy atom. The Balaban J connectivity index is 2.07. The highest BCUT2D eigenvalue weighted by atomic mass is 32.1. The number of aryl methyl sites for hydroxylation is 2. The average Bonchev–Trinajstić information content (AvgIpc) is 3.00. The number of fused-ring (bicyclic) bond motifs is 1. The molecule has 2 aromatic carbocycles. The first-order valence-electron chi connectivity index (χ1n) is 8.77. The molecule has 150 valence electrons. The number of rotatable bonds is 5. The van der Waals surface area contributed by atoms with Crippen LogP contribution in [0.1, 0.15) is 16.7 Å². The van der Waals surface area contributed by atoms with E-state index in [-0.39, 0.29) is 24.6 Å². The predicted molar refractivity (Wildman–Crippen MR) is 109 cm³/mol. The highest BCUT2D eigenvalue weighted by Gasteiger charge is 2.15. The van der Waals surface area contributed by atoms with Crippen molar-refractivity contribution in [1.29, 1.82) is 0 Å². The summed E-state index contributed by atoms with van der Waals surface area (Å²) in [6.07, 6.45) is 0.125. The fourth-order valence-electron chi connectivity index (χ4n) is 2.90. The van der Waals surface area contributed by atoms with Crippen molar-refractivity contribution in [3.63, 3.8) is 0 Å². The van der Waals surface area contributed by atoms with Crippen molar-refractivity contribution in [1.82, 2.24) is 4.57 Å². The van der Waals surface area contributed by atoms with Crippen LogP contribution in [0.25, 0.3) is 10.2 Å². The Morgan fingerprint density at radius 3 is 2.66 bits per heavy atom. The maximum Gasteiger partial charge on any atom is 0.325 e. The van der Waals surface area contributed by atoms with Gasteiger partial charge in [-0.15, -0.1) is 0 Å². The van der Waals surface area contributed by atoms with Gasteiger partial charge in [0.25, 0.3) is 11.6 Å². The van der Waals surface area contributed by atoms with Gasteiger partial charge in [0.2, 0.25) is 0 Å². The van der Waals surface area contributed by atoms with E-state index in [9.17, 15) is 19.7 Å². The van der Waals surface area contributed by atoms with E-state index in [2.05, 4.69) is 4.99 Å². The highest BCUT2D eigenvalue weighted by Crippen LogP contribution is 2.23. The van der Waals surface area contributed by atoms with Crippen LogP contribution in [0.4, 0.5) is 5.69 Å². The third-order valence-electron chi connectivity index (χ3n) is 4.46. The van der Waals surface area contributed by atoms with E-state index in [1.807, 2.05) is 32.0 Å². The van der Waals surface area contributed by atoms with Crippen molar-refractivity contribution in [3.05, 3.63) is 68.0 Å². The third kappa shape index (κ3) is 4.57. The Hall–Kier alpha value is -3.33. The zero-order valence-corrected chi connectivity index (χ0v) is 17.0. The van der Waals surface area contributed by atoms with Gasteiger partial charge < -0.3 is 9.30 Å². The number of esters is 1. The molecule has 0 radical (unpaired) electrons. The van der Waals surface area contributed by atoms with Gasteiger partial charge in [-0.3, -0.25) is 19.7 Å². The Kier molecular flexibility index (Phi) is 5.88. The number of hydrogen-bond donors (Lipinski definition) is 0. The molecule has 29 heavy (non-hydrogen) atoms. The van der Waals surface area contributed by atoms with Gasteiger partial charge in [0.05, 0.1) is 28.7 Å². The topological polar surface area (TPSA) is 104 Å². The van der Waals surface area contributed by atoms with Gasteiger partial charge in [0.1, 0.15) is 6.54 Å². The molecule has 0 saturated heterocycles. The summed E-state index contributed by atoms with van der Waals surface area (Å²) in [4.78, 5) is 39.5. The summed E-state index contributed by atoms with van der Waals surface area (Å²) in [6, 6.07) is 10.2. The number of nitro groups is 1. The summed E-state index contributed by atoms with van der Waals surface area (Å²) in [5, 5.41) is 11.1. The summed E-state index contributed by atoms with van der Waals surface area (Å²) in [5.41, 5.74) is 3.27. The van der Waals surface area contributed by atoms with E-state index in [1.165, 1.54) is 35.1 Å². The van der Waals surface area contributed by atoms with Crippen molar-refractivity contribution in [2.24, 2.45) is 4.99 Å². The molecule has 9 heteroatoms. The molecule has 0 aliphatic rings. The number of aromatic nitrogens is 1. The number of hydrogen-bond acceptors (Lipinski definition) is 6. The van der Waals surface area contributed by atoms with Gasteiger partial charge in [-0.1, -0.05) is 35.1 Å². The van der Waals surface area contributed by atoms with Crippen LogP contribution in [0, 0.1) is 24.0 Å². The molecule has 0 spiro atoms. The Labute approximate surface area is 170 Å². The predicted octanol–water partition coefficient (Wildman–Crippen LogP) is 3.07. The smallest absolute Gasteiger partial charge is 0.325 e. The van der Waals surface area contributed by atoms with Gasteiger partial charge in [-0.2, -0.15) is 4.99 Å². The quantitative estimate of drug-likeness (QED) is 0.363. The first kappa shape index (κ1) is 20.4. The summed E-state index contributed by atoms with van der Waals surface area (Å²) < 4.78 is 6.87. The summed E-state index contributed by atoms with van der Waals surface area (Å²) in [7, 11) is 1.25. The van der Waals surface area contributed by atoms with Crippen LogP contribution < -0.4 is 4.80 Å². The number of methoxy groups -OCH3 is 1. The van der Waals surface area contributed by atoms with Crippen molar-refractivity contribution < 1.29 is 19.2 Å². The maximum atomic E-state index is 12.6. The average molecular weight is 413 g/mol. The van der Waals surface area contributed by atoms with Gasteiger partial charge in [-0.05, 0) is 31.0 Å². The molecule has 0 atom stereocenters. The normalized spacial score (nSPS) is 11.6. The second kappa shape index (κ2) is 8.36. The van der Waals surface area contributed by atoms with Crippen LogP contribution in [0.3, 0.4) is 0 Å². The SMILES string of the molecule is COC(=O)Cn1c(=NC(=O)Cc2cc(C)ccc2C)sc2ccc([N+](=O)[O-])cc21. The molecule has 0 fully saturated rings. The number of ether oxygens (including phenoxy) is 1. The fraction of sp³-hybridized carbons (Fsp3) is 0.250. The van der Waals surface area contributed by atoms with Crippen molar-refractivity contribution >= 4 is 39.1 Å². The van der Waals surface area contributed by atoms with Gasteiger partial charge in [-0.25, -0.2) is 0 Å². The van der Waals surface area contributed by atoms with Gasteiger partial charge in [0.15, 0.2) is 4.80 Å². The van der Waals surface area contributed by atoms with E-state index >= 15 is 0 Å². The monoisotopic (exact) mass is 413 g/mol. The minimum Gasteiger partial charge on any atom is -0.468 e. The number of benzene rings is 2. The Morgan fingerprint density at radius 2 is 1.97 bits per heavy atom. The van der Waals surface area contributed by atoms with Crippen molar-refractivity contribution in [2.45, 2.75) is 26.8 Å². The van der Waals surface area contributed by atoms with Crippen LogP contribution in [-0.4, -0.2) is 28.5 Å². The van der Waals surface area contributed by atoms with E-state index in [4.69, 9.17) is 4.74 Å². The lowest BCUT2D eigenvalue weighted by Gasteiger charge is -2.05. The zero-order valence-electron chi connectivity index (χ0n) is 16.2. The number of nitro benzene ring substituents is 1. The van der Waals surface area contributed by atoms with Crippen molar-refractivity contribution in [2.75, 3.05) is 7.11 Å². The molecule has 0 aliphatic heterocycles. The lowest BCUT2D eigenvalue weighted by Crippen LogP contribution is -2.22. The molecule has 0 unspecified atom stereocenters. The molecule has 0 N–H and O–H groups in total. The maximum absolute atomic E-state index is 12.6. The van der Waals surface area contributed by atoms with Crippen LogP contribution in [0.15, 0.2) is 41.4 Å². The highest BCUT2D eigenvalue weighted by molar-refractivity contribution is 7.16. The molecule has 1 aromatic heterocycles. The molecule has 3 aromatic rings. The van der Waals surface area contributed by atoms with Gasteiger partial charge >= 0.3 is 5.97 Å². The van der Waals surface area contributed by atoms with Gasteiger partial charge in [0, 0.05) is 12.1 Å². The van der Waals surface area contributed by atoms with E-state index in [1.54, 1.807) is 6.07 Å². The Bertz CT molecular complexity index is 1190. The largest absolute Gasteiger partial charge is 0.468 e. The minimum atomic E-state index is -0.542. The lowest BCUT2D eigenvalue weighted by atomic mass is 10.0. The molecule has 1 amide bonds. The van der Waals surface area contributed by atoms with E-state index in [0.29, 0.717) is 15.0 Å². The third-order valence-corrected chi connectivity index (χ3v) is 5.52. The summed E-state index contributed by atoms with van der Waals surface area (Å²) in [6.45, 7) is 3.68. The minimum absolute atomic E-state index is 0.109. The second-order valence-electron chi connectivity index (χ2n) is 6.57. The molecule has 8 nitrogen and oxygen atoms in total. The fourth-order valence-corrected chi connectivity index (χ4v) is 3.93. The number of amides is 1. The lowest BCUT2D eigenvalue weighted by molar-refractivity contribution is -0.384. The molecule has 0 bridgehead atoms. The number of nitrogens with zero attached hydrogens (tertiary/aromatic N) is 3. The summed E-state index contributed by atoms with van der Waals surface area (Å²) >= 11 is 1.19. The molecule has 0 aliphatic carbocycles. The molecule has 1 heterocycles. The van der Waals surface area contributed by atoms with E-state index < -0.39 is 10.9 Å². The number of carbonyl (C=O) groups is 2. The first-order valence-corrected chi connectivity index (χ1v) is 9.58. The number of non-ortho nitro benzene ring substituents is 1. The molecule has 3 rings (SSSR count). The molecule has 0 saturated carbocycles. The molecular weight excluding hydrogens is 394 g/mol. The van der Waals surface area contributed by atoms with Crippen LogP contribution in [-0.2, 0) is 27.3 Å². The zero-order chi connectivity index (χ0) is 21.1. The van der Waals surface area contributed by atoms with E-state index in [0.717, 1.165) is 16.7 Å². The van der Waals surface area contributed by atoms with Crippen LogP contribution >= 0.6 is 11.3 Å². The number of thiazole rings is 1. The van der Waals surface area contributed by atoms with Crippen LogP contribution in [0.5, 0.6) is 0 Å². The standard InChI is InChI=1S/C20H19N3O5S/c1-12-4-5-13(2)14(8-12)9-18(24)21-20-22(11-19(25)28-3)16-10-15(23(26)27)6-7-17(16)29-20/h4-8,10H,9,11H2,1-3H3.